The lowest BCUT2D eigenvalue weighted by molar-refractivity contribution is 0.0210. The number of piperidine rings is 1. The van der Waals surface area contributed by atoms with Gasteiger partial charge in [-0.15, -0.1) is 0 Å². The number of methoxy groups -OCH3 is 1. The van der Waals surface area contributed by atoms with Gasteiger partial charge in [0.15, 0.2) is 0 Å². The molecule has 7 heteroatoms. The first kappa shape index (κ1) is 23.7. The van der Waals surface area contributed by atoms with Gasteiger partial charge in [-0.25, -0.2) is 9.78 Å². The predicted molar refractivity (Wildman–Crippen MR) is 137 cm³/mol. The molecule has 34 heavy (non-hydrogen) atoms. The average Bonchev–Trinajstić information content (AvgIpc) is 2.82. The lowest BCUT2D eigenvalue weighted by Crippen LogP contribution is -2.44. The van der Waals surface area contributed by atoms with Gasteiger partial charge in [-0.05, 0) is 63.4 Å². The number of anilines is 2. The van der Waals surface area contributed by atoms with Crippen LogP contribution in [0.15, 0.2) is 54.7 Å². The first-order chi connectivity index (χ1) is 16.3. The molecule has 1 amide bonds. The highest BCUT2D eigenvalue weighted by molar-refractivity contribution is 6.00. The summed E-state index contributed by atoms with van der Waals surface area (Å²) < 4.78 is 10.8. The van der Waals surface area contributed by atoms with Crippen LogP contribution in [0.2, 0.25) is 0 Å². The fraction of sp³-hybridized carbons (Fsp3) is 0.407. The number of hydrogen-bond donors (Lipinski definition) is 2. The molecule has 0 spiro atoms. The van der Waals surface area contributed by atoms with Crippen LogP contribution < -0.4 is 15.4 Å². The molecule has 2 aromatic carbocycles. The number of fused-ring (bicyclic) bond motifs is 1. The summed E-state index contributed by atoms with van der Waals surface area (Å²) in [6.07, 6.45) is 3.37. The van der Waals surface area contributed by atoms with Crippen molar-refractivity contribution in [3.8, 4) is 5.75 Å². The minimum Gasteiger partial charge on any atom is -0.497 e. The normalized spacial score (nSPS) is 14.6. The third kappa shape index (κ3) is 5.90. The van der Waals surface area contributed by atoms with Crippen molar-refractivity contribution in [2.75, 3.05) is 30.8 Å². The van der Waals surface area contributed by atoms with E-state index in [0.29, 0.717) is 25.7 Å². The van der Waals surface area contributed by atoms with E-state index in [0.717, 1.165) is 46.4 Å². The molecule has 0 saturated carbocycles. The summed E-state index contributed by atoms with van der Waals surface area (Å²) in [7, 11) is 1.67. The summed E-state index contributed by atoms with van der Waals surface area (Å²) in [6.45, 7) is 7.75. The van der Waals surface area contributed by atoms with E-state index >= 15 is 0 Å². The molecule has 3 aromatic rings. The largest absolute Gasteiger partial charge is 0.497 e. The summed E-state index contributed by atoms with van der Waals surface area (Å²) in [5, 5.41) is 9.37. The smallest absolute Gasteiger partial charge is 0.410 e. The number of rotatable bonds is 6. The van der Waals surface area contributed by atoms with Crippen molar-refractivity contribution in [1.29, 1.82) is 0 Å². The molecule has 1 fully saturated rings. The van der Waals surface area contributed by atoms with E-state index in [4.69, 9.17) is 9.47 Å². The summed E-state index contributed by atoms with van der Waals surface area (Å²) in [5.74, 6) is 1.70. The molecule has 0 radical (unpaired) electrons. The zero-order valence-electron chi connectivity index (χ0n) is 20.4. The minimum absolute atomic E-state index is 0.227. The van der Waals surface area contributed by atoms with Crippen LogP contribution in [-0.2, 0) is 11.3 Å². The highest BCUT2D eigenvalue weighted by atomic mass is 16.6. The minimum atomic E-state index is -0.470. The van der Waals surface area contributed by atoms with E-state index in [1.165, 1.54) is 0 Å². The molecule has 2 heterocycles. The first-order valence-electron chi connectivity index (χ1n) is 11.8. The zero-order valence-corrected chi connectivity index (χ0v) is 20.4. The van der Waals surface area contributed by atoms with Crippen molar-refractivity contribution < 1.29 is 14.3 Å². The lowest BCUT2D eigenvalue weighted by Gasteiger charge is -2.34. The molecule has 1 saturated heterocycles. The number of nitrogens with one attached hydrogen (secondary N) is 2. The molecule has 1 aliphatic rings. The molecular weight excluding hydrogens is 428 g/mol. The van der Waals surface area contributed by atoms with Gasteiger partial charge in [0.25, 0.3) is 0 Å². The molecule has 0 atom stereocenters. The number of ether oxygens (including phenoxy) is 2. The monoisotopic (exact) mass is 462 g/mol. The van der Waals surface area contributed by atoms with E-state index in [1.807, 2.05) is 57.3 Å². The maximum atomic E-state index is 12.4. The number of amides is 1. The number of carbonyl (C=O) groups is 1. The van der Waals surface area contributed by atoms with E-state index in [1.54, 1.807) is 12.0 Å². The molecule has 4 rings (SSSR count). The van der Waals surface area contributed by atoms with E-state index in [9.17, 15) is 4.79 Å². The van der Waals surface area contributed by atoms with Crippen LogP contribution in [0.5, 0.6) is 5.75 Å². The molecule has 1 aliphatic heterocycles. The third-order valence-corrected chi connectivity index (χ3v) is 5.93. The van der Waals surface area contributed by atoms with Crippen molar-refractivity contribution in [3.63, 3.8) is 0 Å². The average molecular weight is 463 g/mol. The first-order valence-corrected chi connectivity index (χ1v) is 11.8. The number of likely N-dealkylation sites (tertiary alicyclic amines) is 1. The standard InChI is InChI=1S/C27H34N4O3/c1-27(2,3)34-26(32)31-16-13-20(14-17-31)30-24-7-5-6-23-22(24)12-15-28-25(23)29-18-19-8-10-21(33-4)11-9-19/h5-12,15,20,30H,13-14,16-18H2,1-4H3,(H,28,29). The number of benzene rings is 2. The molecule has 0 aliphatic carbocycles. The molecule has 0 bridgehead atoms. The Morgan fingerprint density at radius 3 is 2.47 bits per heavy atom. The van der Waals surface area contributed by atoms with E-state index in [-0.39, 0.29) is 6.09 Å². The van der Waals surface area contributed by atoms with Crippen LogP contribution in [0.4, 0.5) is 16.3 Å². The summed E-state index contributed by atoms with van der Waals surface area (Å²) >= 11 is 0. The highest BCUT2D eigenvalue weighted by Gasteiger charge is 2.27. The Labute approximate surface area is 201 Å². The summed E-state index contributed by atoms with van der Waals surface area (Å²) in [4.78, 5) is 18.7. The number of hydrogen-bond acceptors (Lipinski definition) is 6. The number of aromatic nitrogens is 1. The Bertz CT molecular complexity index is 1120. The van der Waals surface area contributed by atoms with Gasteiger partial charge in [0.1, 0.15) is 17.2 Å². The fourth-order valence-electron chi connectivity index (χ4n) is 4.16. The van der Waals surface area contributed by atoms with Gasteiger partial charge in [-0.2, -0.15) is 0 Å². The lowest BCUT2D eigenvalue weighted by atomic mass is 10.0. The molecule has 0 unspecified atom stereocenters. The van der Waals surface area contributed by atoms with Crippen LogP contribution in [0.3, 0.4) is 0 Å². The molecule has 7 nitrogen and oxygen atoms in total. The zero-order chi connectivity index (χ0) is 24.1. The Kier molecular flexibility index (Phi) is 7.10. The van der Waals surface area contributed by atoms with E-state index in [2.05, 4.69) is 33.8 Å². The third-order valence-electron chi connectivity index (χ3n) is 5.93. The van der Waals surface area contributed by atoms with Crippen LogP contribution in [0, 0.1) is 0 Å². The number of carbonyl (C=O) groups excluding carboxylic acids is 1. The van der Waals surface area contributed by atoms with Crippen molar-refractivity contribution in [1.82, 2.24) is 9.88 Å². The quantitative estimate of drug-likeness (QED) is 0.492. The molecular formula is C27H34N4O3. The topological polar surface area (TPSA) is 75.7 Å². The SMILES string of the molecule is COc1ccc(CNc2nccc3c(NC4CCN(C(=O)OC(C)(C)C)CC4)cccc23)cc1. The highest BCUT2D eigenvalue weighted by Crippen LogP contribution is 2.30. The Balaban J connectivity index is 1.40. The molecule has 1 aromatic heterocycles. The Morgan fingerprint density at radius 2 is 1.79 bits per heavy atom. The summed E-state index contributed by atoms with van der Waals surface area (Å²) in [6, 6.07) is 16.6. The van der Waals surface area contributed by atoms with Gasteiger partial charge in [-0.3, -0.25) is 0 Å². The van der Waals surface area contributed by atoms with Gasteiger partial charge in [0.2, 0.25) is 0 Å². The number of pyridine rings is 1. The Morgan fingerprint density at radius 1 is 1.06 bits per heavy atom. The van der Waals surface area contributed by atoms with Gasteiger partial charge >= 0.3 is 6.09 Å². The second kappa shape index (κ2) is 10.2. The van der Waals surface area contributed by atoms with Gasteiger partial charge in [0.05, 0.1) is 7.11 Å². The van der Waals surface area contributed by atoms with Crippen LogP contribution in [-0.4, -0.2) is 47.8 Å². The molecule has 2 N–H and O–H groups in total. The van der Waals surface area contributed by atoms with Crippen molar-refractivity contribution in [2.45, 2.75) is 51.8 Å². The molecule has 180 valence electrons. The number of nitrogens with zero attached hydrogens (tertiary/aromatic N) is 2. The summed E-state index contributed by atoms with van der Waals surface area (Å²) in [5.41, 5.74) is 1.77. The van der Waals surface area contributed by atoms with E-state index < -0.39 is 5.60 Å². The second-order valence-corrected chi connectivity index (χ2v) is 9.65. The van der Waals surface area contributed by atoms with Gasteiger partial charge < -0.3 is 25.0 Å². The van der Waals surface area contributed by atoms with Crippen LogP contribution in [0.25, 0.3) is 10.8 Å². The second-order valence-electron chi connectivity index (χ2n) is 9.65. The Hall–Kier alpha value is -3.48. The van der Waals surface area contributed by atoms with Crippen LogP contribution in [0.1, 0.15) is 39.2 Å². The predicted octanol–water partition coefficient (Wildman–Crippen LogP) is 5.67. The van der Waals surface area contributed by atoms with Crippen molar-refractivity contribution in [3.05, 3.63) is 60.3 Å². The van der Waals surface area contributed by atoms with Crippen molar-refractivity contribution >= 4 is 28.4 Å². The van der Waals surface area contributed by atoms with Gasteiger partial charge in [-0.1, -0.05) is 24.3 Å². The fourth-order valence-corrected chi connectivity index (χ4v) is 4.16. The van der Waals surface area contributed by atoms with Crippen LogP contribution >= 0.6 is 0 Å². The maximum absolute atomic E-state index is 12.4. The maximum Gasteiger partial charge on any atom is 0.410 e. The van der Waals surface area contributed by atoms with Crippen molar-refractivity contribution in [2.24, 2.45) is 0 Å². The van der Waals surface area contributed by atoms with Gasteiger partial charge in [0, 0.05) is 48.3 Å².